The van der Waals surface area contributed by atoms with E-state index < -0.39 is 0 Å². The van der Waals surface area contributed by atoms with Crippen molar-refractivity contribution in [3.05, 3.63) is 70.7 Å². The molecule has 1 atom stereocenters. The molecule has 2 heterocycles. The molecule has 1 N–H and O–H groups in total. The Morgan fingerprint density at radius 2 is 2.00 bits per heavy atom. The van der Waals surface area contributed by atoms with Gasteiger partial charge in [0.05, 0.1) is 0 Å². The zero-order valence-electron chi connectivity index (χ0n) is 16.6. The summed E-state index contributed by atoms with van der Waals surface area (Å²) in [5.74, 6) is 1.76. The topological polar surface area (TPSA) is 43.4 Å². The van der Waals surface area contributed by atoms with E-state index in [4.69, 9.17) is 9.47 Å². The largest absolute Gasteiger partial charge is 0.485 e. The molecule has 2 aromatic carbocycles. The predicted octanol–water partition coefficient (Wildman–Crippen LogP) is 5.89. The number of rotatable bonds is 5. The molecule has 3 aromatic rings. The number of fused-ring (bicyclic) bond motifs is 1. The van der Waals surface area contributed by atoms with E-state index in [1.54, 1.807) is 11.3 Å². The number of benzene rings is 2. The number of hydrogen-bond donors (Lipinski definition) is 1. The molecule has 0 aliphatic carbocycles. The Morgan fingerprint density at radius 1 is 1.18 bits per heavy atom. The fraction of sp³-hybridized carbons (Fsp3) is 0.348. The van der Waals surface area contributed by atoms with Crippen LogP contribution in [0.15, 0.2) is 54.7 Å². The normalized spacial score (nSPS) is 16.3. The van der Waals surface area contributed by atoms with Crippen LogP contribution in [0, 0.1) is 0 Å². The molecule has 28 heavy (non-hydrogen) atoms. The van der Waals surface area contributed by atoms with Crippen LogP contribution in [-0.4, -0.2) is 10.5 Å². The molecule has 146 valence electrons. The summed E-state index contributed by atoms with van der Waals surface area (Å²) < 4.78 is 12.2. The lowest BCUT2D eigenvalue weighted by atomic mass is 9.97. The van der Waals surface area contributed by atoms with Crippen LogP contribution in [0.2, 0.25) is 0 Å². The minimum atomic E-state index is 0.0844. The number of nitrogens with zero attached hydrogens (tertiary/aromatic N) is 1. The number of thiazole rings is 1. The summed E-state index contributed by atoms with van der Waals surface area (Å²) in [5, 5.41) is 4.14. The third-order valence-electron chi connectivity index (χ3n) is 4.68. The van der Waals surface area contributed by atoms with Crippen molar-refractivity contribution >= 4 is 11.3 Å². The number of hydrogen-bond acceptors (Lipinski definition) is 5. The van der Waals surface area contributed by atoms with Crippen LogP contribution in [0.1, 0.15) is 49.3 Å². The van der Waals surface area contributed by atoms with Gasteiger partial charge in [-0.15, -0.1) is 0 Å². The summed E-state index contributed by atoms with van der Waals surface area (Å²) in [6, 6.07) is 16.5. The highest BCUT2D eigenvalue weighted by molar-refractivity contribution is 7.13. The predicted molar refractivity (Wildman–Crippen MR) is 113 cm³/mol. The number of aromatic nitrogens is 1. The fourth-order valence-electron chi connectivity index (χ4n) is 3.20. The van der Waals surface area contributed by atoms with E-state index in [1.165, 1.54) is 11.1 Å². The zero-order chi connectivity index (χ0) is 19.6. The van der Waals surface area contributed by atoms with Crippen LogP contribution in [0.5, 0.6) is 16.7 Å². The highest BCUT2D eigenvalue weighted by Gasteiger charge is 2.22. The number of nitrogens with one attached hydrogen (secondary N) is 1. The van der Waals surface area contributed by atoms with E-state index in [0.29, 0.717) is 5.19 Å². The van der Waals surface area contributed by atoms with Gasteiger partial charge >= 0.3 is 0 Å². The van der Waals surface area contributed by atoms with E-state index in [-0.39, 0.29) is 11.6 Å². The van der Waals surface area contributed by atoms with Crippen molar-refractivity contribution in [2.75, 3.05) is 0 Å². The van der Waals surface area contributed by atoms with Gasteiger partial charge < -0.3 is 14.8 Å². The minimum absolute atomic E-state index is 0.0844. The second kappa shape index (κ2) is 7.94. The lowest BCUT2D eigenvalue weighted by Gasteiger charge is -2.26. The molecule has 0 fully saturated rings. The van der Waals surface area contributed by atoms with Crippen molar-refractivity contribution in [3.63, 3.8) is 0 Å². The van der Waals surface area contributed by atoms with Crippen molar-refractivity contribution in [1.82, 2.24) is 10.3 Å². The minimum Gasteiger partial charge on any atom is -0.485 e. The van der Waals surface area contributed by atoms with E-state index in [1.807, 2.05) is 24.4 Å². The molecule has 0 spiro atoms. The summed E-state index contributed by atoms with van der Waals surface area (Å²) in [5.41, 5.74) is 2.50. The summed E-state index contributed by atoms with van der Waals surface area (Å²) in [7, 11) is 0. The molecule has 5 heteroatoms. The molecule has 1 aromatic heterocycles. The molecule has 0 radical (unpaired) electrons. The molecule has 1 unspecified atom stereocenters. The van der Waals surface area contributed by atoms with Gasteiger partial charge in [0.1, 0.15) is 17.6 Å². The van der Waals surface area contributed by atoms with Crippen LogP contribution < -0.4 is 14.8 Å². The van der Waals surface area contributed by atoms with E-state index >= 15 is 0 Å². The SMILES string of the molecule is CC(C)(C)NCc1cnc(Oc2ccc3c(c2)CCC(c2ccccc2)O3)s1. The first kappa shape index (κ1) is 19.0. The molecule has 0 amide bonds. The Bertz CT molecular complexity index is 931. The van der Waals surface area contributed by atoms with Gasteiger partial charge in [0.15, 0.2) is 0 Å². The van der Waals surface area contributed by atoms with Gasteiger partial charge in [-0.2, -0.15) is 0 Å². The van der Waals surface area contributed by atoms with E-state index in [0.717, 1.165) is 35.8 Å². The Balaban J connectivity index is 1.41. The first-order chi connectivity index (χ1) is 13.5. The second-order valence-corrected chi connectivity index (χ2v) is 9.20. The van der Waals surface area contributed by atoms with Gasteiger partial charge in [-0.05, 0) is 62.9 Å². The molecule has 0 bridgehead atoms. The molecule has 4 nitrogen and oxygen atoms in total. The summed E-state index contributed by atoms with van der Waals surface area (Å²) in [6.45, 7) is 7.26. The van der Waals surface area contributed by atoms with Crippen molar-refractivity contribution in [1.29, 1.82) is 0 Å². The summed E-state index contributed by atoms with van der Waals surface area (Å²) in [6.07, 6.45) is 3.95. The third kappa shape index (κ3) is 4.72. The Labute approximate surface area is 170 Å². The van der Waals surface area contributed by atoms with Crippen molar-refractivity contribution in [3.8, 4) is 16.7 Å². The monoisotopic (exact) mass is 394 g/mol. The van der Waals surface area contributed by atoms with Crippen LogP contribution in [0.4, 0.5) is 0 Å². The maximum atomic E-state index is 6.21. The van der Waals surface area contributed by atoms with E-state index in [2.05, 4.69) is 61.4 Å². The second-order valence-electron chi connectivity index (χ2n) is 8.12. The molecular weight excluding hydrogens is 368 g/mol. The highest BCUT2D eigenvalue weighted by Crippen LogP contribution is 2.38. The molecular formula is C23H26N2O2S. The standard InChI is InChI=1S/C23H26N2O2S/c1-23(2,3)25-15-19-14-24-22(28-19)26-18-10-12-21-17(13-18)9-11-20(27-21)16-7-5-4-6-8-16/h4-8,10,12-14,20,25H,9,11,15H2,1-3H3. The lowest BCUT2D eigenvalue weighted by Crippen LogP contribution is -2.34. The molecule has 0 saturated heterocycles. The van der Waals surface area contributed by atoms with Gasteiger partial charge in [0.25, 0.3) is 5.19 Å². The zero-order valence-corrected chi connectivity index (χ0v) is 17.4. The van der Waals surface area contributed by atoms with E-state index in [9.17, 15) is 0 Å². The quantitative estimate of drug-likeness (QED) is 0.586. The first-order valence-electron chi connectivity index (χ1n) is 9.68. The average molecular weight is 395 g/mol. The Hall–Kier alpha value is -2.37. The van der Waals surface area contributed by atoms with Gasteiger partial charge in [0, 0.05) is 23.2 Å². The van der Waals surface area contributed by atoms with Gasteiger partial charge in [-0.1, -0.05) is 41.7 Å². The first-order valence-corrected chi connectivity index (χ1v) is 10.5. The Morgan fingerprint density at radius 3 is 2.79 bits per heavy atom. The highest BCUT2D eigenvalue weighted by atomic mass is 32.1. The molecule has 1 aliphatic rings. The van der Waals surface area contributed by atoms with Crippen LogP contribution in [0.25, 0.3) is 0 Å². The molecule has 0 saturated carbocycles. The summed E-state index contributed by atoms with van der Waals surface area (Å²) >= 11 is 1.58. The lowest BCUT2D eigenvalue weighted by molar-refractivity contribution is 0.176. The van der Waals surface area contributed by atoms with Crippen molar-refractivity contribution < 1.29 is 9.47 Å². The molecule has 1 aliphatic heterocycles. The van der Waals surface area contributed by atoms with Crippen LogP contribution >= 0.6 is 11.3 Å². The van der Waals surface area contributed by atoms with Crippen LogP contribution in [0.3, 0.4) is 0 Å². The fourth-order valence-corrected chi connectivity index (χ4v) is 3.92. The Kier molecular flexibility index (Phi) is 5.38. The number of aryl methyl sites for hydroxylation is 1. The van der Waals surface area contributed by atoms with Crippen LogP contribution in [-0.2, 0) is 13.0 Å². The van der Waals surface area contributed by atoms with Crippen molar-refractivity contribution in [2.45, 2.75) is 51.8 Å². The maximum absolute atomic E-state index is 6.21. The average Bonchev–Trinajstić information content (AvgIpc) is 3.13. The van der Waals surface area contributed by atoms with Gasteiger partial charge in [0.2, 0.25) is 0 Å². The van der Waals surface area contributed by atoms with Gasteiger partial charge in [-0.25, -0.2) is 4.98 Å². The third-order valence-corrected chi connectivity index (χ3v) is 5.55. The smallest absolute Gasteiger partial charge is 0.278 e. The maximum Gasteiger partial charge on any atom is 0.278 e. The number of ether oxygens (including phenoxy) is 2. The van der Waals surface area contributed by atoms with Crippen molar-refractivity contribution in [2.24, 2.45) is 0 Å². The summed E-state index contributed by atoms with van der Waals surface area (Å²) in [4.78, 5) is 5.56. The molecule has 4 rings (SSSR count). The van der Waals surface area contributed by atoms with Gasteiger partial charge in [-0.3, -0.25) is 0 Å².